The van der Waals surface area contributed by atoms with Gasteiger partial charge in [0.15, 0.2) is 0 Å². The zero-order chi connectivity index (χ0) is 13.9. The molecule has 1 aromatic carbocycles. The molecule has 0 amide bonds. The van der Waals surface area contributed by atoms with Crippen LogP contribution in [0.2, 0.25) is 0 Å². The van der Waals surface area contributed by atoms with Crippen LogP contribution in [-0.4, -0.2) is 18.9 Å². The summed E-state index contributed by atoms with van der Waals surface area (Å²) in [4.78, 5) is 12.6. The van der Waals surface area contributed by atoms with Gasteiger partial charge in [0.25, 0.3) is 0 Å². The van der Waals surface area contributed by atoms with Crippen molar-refractivity contribution in [3.05, 3.63) is 34.3 Å². The molecule has 1 N–H and O–H groups in total. The van der Waals surface area contributed by atoms with Crippen LogP contribution in [0, 0.1) is 11.3 Å². The van der Waals surface area contributed by atoms with Crippen molar-refractivity contribution in [1.82, 2.24) is 5.32 Å². The van der Waals surface area contributed by atoms with Crippen LogP contribution < -0.4 is 5.32 Å². The molecule has 1 aromatic rings. The van der Waals surface area contributed by atoms with Gasteiger partial charge in [-0.1, -0.05) is 41.9 Å². The third-order valence-electron chi connectivity index (χ3n) is 4.29. The smallest absolute Gasteiger partial charge is 0.143 e. The van der Waals surface area contributed by atoms with E-state index in [2.05, 4.69) is 35.1 Å². The van der Waals surface area contributed by atoms with Crippen molar-refractivity contribution in [3.8, 4) is 0 Å². The van der Waals surface area contributed by atoms with Crippen molar-refractivity contribution in [2.75, 3.05) is 13.1 Å². The quantitative estimate of drug-likeness (QED) is 0.917. The number of benzene rings is 1. The molecule has 1 fully saturated rings. The molecule has 2 nitrogen and oxygen atoms in total. The van der Waals surface area contributed by atoms with Gasteiger partial charge >= 0.3 is 0 Å². The van der Waals surface area contributed by atoms with E-state index in [0.29, 0.717) is 18.1 Å². The molecule has 0 radical (unpaired) electrons. The fourth-order valence-corrected chi connectivity index (χ4v) is 3.20. The highest BCUT2D eigenvalue weighted by Gasteiger charge is 2.36. The normalized spacial score (nSPS) is 20.3. The van der Waals surface area contributed by atoms with Gasteiger partial charge in [0.05, 0.1) is 0 Å². The van der Waals surface area contributed by atoms with E-state index < -0.39 is 0 Å². The highest BCUT2D eigenvalue weighted by Crippen LogP contribution is 2.33. The number of ketones is 1. The van der Waals surface area contributed by atoms with Crippen LogP contribution in [0.1, 0.15) is 32.3 Å². The zero-order valence-electron chi connectivity index (χ0n) is 11.7. The summed E-state index contributed by atoms with van der Waals surface area (Å²) < 4.78 is 1.04. The van der Waals surface area contributed by atoms with Gasteiger partial charge in [-0.05, 0) is 49.5 Å². The molecule has 19 heavy (non-hydrogen) atoms. The lowest BCUT2D eigenvalue weighted by Crippen LogP contribution is -2.43. The predicted octanol–water partition coefficient (Wildman–Crippen LogP) is 3.59. The molecule has 1 atom stereocenters. The molecule has 1 aliphatic rings. The van der Waals surface area contributed by atoms with Crippen LogP contribution in [-0.2, 0) is 11.2 Å². The Morgan fingerprint density at radius 2 is 2.26 bits per heavy atom. The van der Waals surface area contributed by atoms with E-state index in [1.807, 2.05) is 24.3 Å². The Kier molecular flexibility index (Phi) is 4.80. The highest BCUT2D eigenvalue weighted by molar-refractivity contribution is 9.10. The Morgan fingerprint density at radius 3 is 2.89 bits per heavy atom. The fraction of sp³-hybridized carbons (Fsp3) is 0.562. The van der Waals surface area contributed by atoms with E-state index in [9.17, 15) is 4.79 Å². The number of halogens is 1. The number of hydrogen-bond donors (Lipinski definition) is 1. The molecule has 2 rings (SSSR count). The van der Waals surface area contributed by atoms with Crippen LogP contribution in [0.3, 0.4) is 0 Å². The summed E-state index contributed by atoms with van der Waals surface area (Å²) in [5.41, 5.74) is 0.853. The summed E-state index contributed by atoms with van der Waals surface area (Å²) in [6.07, 6.45) is 2.87. The molecule has 0 aliphatic carbocycles. The van der Waals surface area contributed by atoms with Crippen LogP contribution in [0.4, 0.5) is 0 Å². The van der Waals surface area contributed by atoms with Crippen LogP contribution in [0.25, 0.3) is 0 Å². The number of Topliss-reactive ketones (excluding diaryl/α,β-unsaturated/α-hetero) is 1. The molecule has 1 unspecified atom stereocenters. The van der Waals surface area contributed by atoms with E-state index in [1.165, 1.54) is 6.42 Å². The van der Waals surface area contributed by atoms with Crippen molar-refractivity contribution in [2.45, 2.75) is 33.1 Å². The Bertz CT molecular complexity index is 450. The minimum Gasteiger partial charge on any atom is -0.316 e. The maximum atomic E-state index is 12.6. The van der Waals surface area contributed by atoms with E-state index >= 15 is 0 Å². The van der Waals surface area contributed by atoms with Crippen LogP contribution in [0.15, 0.2) is 28.7 Å². The maximum absolute atomic E-state index is 12.6. The molecule has 0 saturated carbocycles. The lowest BCUT2D eigenvalue weighted by atomic mass is 9.71. The van der Waals surface area contributed by atoms with Crippen LogP contribution in [0.5, 0.6) is 0 Å². The molecular formula is C16H22BrNO. The number of rotatable bonds is 4. The summed E-state index contributed by atoms with van der Waals surface area (Å²) >= 11 is 3.46. The molecule has 0 bridgehead atoms. The van der Waals surface area contributed by atoms with Gasteiger partial charge in [-0.25, -0.2) is 0 Å². The second-order valence-electron chi connectivity index (χ2n) is 5.99. The Hall–Kier alpha value is -0.670. The van der Waals surface area contributed by atoms with Gasteiger partial charge in [-0.15, -0.1) is 0 Å². The molecule has 0 spiro atoms. The summed E-state index contributed by atoms with van der Waals surface area (Å²) in [5.74, 6) is 0.806. The monoisotopic (exact) mass is 323 g/mol. The van der Waals surface area contributed by atoms with Gasteiger partial charge in [0.2, 0.25) is 0 Å². The summed E-state index contributed by atoms with van der Waals surface area (Å²) in [7, 11) is 0. The number of nitrogens with one attached hydrogen (secondary N) is 1. The maximum Gasteiger partial charge on any atom is 0.143 e. The standard InChI is InChI=1S/C16H22BrNO/c1-16(2,13-6-4-8-18-11-13)15(19)10-12-5-3-7-14(17)9-12/h3,5,7,9,13,18H,4,6,8,10-11H2,1-2H3. The van der Waals surface area contributed by atoms with Gasteiger partial charge in [0, 0.05) is 16.3 Å². The van der Waals surface area contributed by atoms with E-state index in [4.69, 9.17) is 0 Å². The Labute approximate surface area is 124 Å². The van der Waals surface area contributed by atoms with Crippen molar-refractivity contribution in [1.29, 1.82) is 0 Å². The van der Waals surface area contributed by atoms with E-state index in [-0.39, 0.29) is 5.41 Å². The first-order valence-electron chi connectivity index (χ1n) is 6.98. The second kappa shape index (κ2) is 6.19. The first kappa shape index (κ1) is 14.7. The number of carbonyl (C=O) groups is 1. The summed E-state index contributed by atoms with van der Waals surface area (Å²) in [6, 6.07) is 8.04. The highest BCUT2D eigenvalue weighted by atomic mass is 79.9. The van der Waals surface area contributed by atoms with Gasteiger partial charge < -0.3 is 5.32 Å². The largest absolute Gasteiger partial charge is 0.316 e. The topological polar surface area (TPSA) is 29.1 Å². The van der Waals surface area contributed by atoms with Crippen molar-refractivity contribution in [3.63, 3.8) is 0 Å². The summed E-state index contributed by atoms with van der Waals surface area (Å²) in [6.45, 7) is 6.26. The van der Waals surface area contributed by atoms with Crippen molar-refractivity contribution < 1.29 is 4.79 Å². The molecule has 3 heteroatoms. The SMILES string of the molecule is CC(C)(C(=O)Cc1cccc(Br)c1)C1CCCNC1. The minimum atomic E-state index is -0.240. The first-order chi connectivity index (χ1) is 9.00. The minimum absolute atomic E-state index is 0.240. The van der Waals surface area contributed by atoms with Gasteiger partial charge in [0.1, 0.15) is 5.78 Å². The number of piperidine rings is 1. The van der Waals surface area contributed by atoms with Gasteiger partial charge in [-0.2, -0.15) is 0 Å². The predicted molar refractivity (Wildman–Crippen MR) is 82.2 cm³/mol. The second-order valence-corrected chi connectivity index (χ2v) is 6.91. The molecular weight excluding hydrogens is 302 g/mol. The van der Waals surface area contributed by atoms with E-state index in [1.54, 1.807) is 0 Å². The lowest BCUT2D eigenvalue weighted by Gasteiger charge is -2.36. The average molecular weight is 324 g/mol. The van der Waals surface area contributed by atoms with Crippen LogP contribution >= 0.6 is 15.9 Å². The third kappa shape index (κ3) is 3.67. The Morgan fingerprint density at radius 1 is 1.47 bits per heavy atom. The average Bonchev–Trinajstić information content (AvgIpc) is 2.39. The Balaban J connectivity index is 2.05. The third-order valence-corrected chi connectivity index (χ3v) is 4.78. The van der Waals surface area contributed by atoms with Crippen molar-refractivity contribution >= 4 is 21.7 Å². The summed E-state index contributed by atoms with van der Waals surface area (Å²) in [5, 5.41) is 3.41. The molecule has 1 aliphatic heterocycles. The first-order valence-corrected chi connectivity index (χ1v) is 7.78. The molecule has 1 heterocycles. The number of carbonyl (C=O) groups excluding carboxylic acids is 1. The lowest BCUT2D eigenvalue weighted by molar-refractivity contribution is -0.129. The zero-order valence-corrected chi connectivity index (χ0v) is 13.3. The van der Waals surface area contributed by atoms with E-state index in [0.717, 1.165) is 29.5 Å². The molecule has 0 aromatic heterocycles. The fourth-order valence-electron chi connectivity index (χ4n) is 2.76. The van der Waals surface area contributed by atoms with Gasteiger partial charge in [-0.3, -0.25) is 4.79 Å². The van der Waals surface area contributed by atoms with Crippen molar-refractivity contribution in [2.24, 2.45) is 11.3 Å². The molecule has 104 valence electrons. The number of hydrogen-bond acceptors (Lipinski definition) is 2. The molecule has 1 saturated heterocycles.